The molecule has 2 aromatic carbocycles. The summed E-state index contributed by atoms with van der Waals surface area (Å²) in [7, 11) is 1.80. The van der Waals surface area contributed by atoms with Crippen LogP contribution in [0.5, 0.6) is 0 Å². The highest BCUT2D eigenvalue weighted by Crippen LogP contribution is 2.18. The van der Waals surface area contributed by atoms with Crippen molar-refractivity contribution in [2.75, 3.05) is 17.3 Å². The summed E-state index contributed by atoms with van der Waals surface area (Å²) in [4.78, 5) is 25.2. The first kappa shape index (κ1) is 16.7. The molecule has 23 heavy (non-hydrogen) atoms. The van der Waals surface area contributed by atoms with Gasteiger partial charge in [-0.3, -0.25) is 9.59 Å². The van der Waals surface area contributed by atoms with Crippen molar-refractivity contribution in [2.45, 2.75) is 20.3 Å². The monoisotopic (exact) mass is 310 g/mol. The van der Waals surface area contributed by atoms with E-state index in [1.807, 2.05) is 61.5 Å². The molecular formula is C19H22N2O2. The number of nitrogens with zero attached hydrogens (tertiary/aromatic N) is 1. The van der Waals surface area contributed by atoms with E-state index in [4.69, 9.17) is 0 Å². The molecule has 0 spiro atoms. The van der Waals surface area contributed by atoms with Crippen LogP contribution in [0.15, 0.2) is 54.6 Å². The number of hydrogen-bond acceptors (Lipinski definition) is 2. The Hall–Kier alpha value is -2.62. The van der Waals surface area contributed by atoms with Crippen molar-refractivity contribution in [2.24, 2.45) is 5.92 Å². The second kappa shape index (κ2) is 7.58. The van der Waals surface area contributed by atoms with Crippen LogP contribution in [0.3, 0.4) is 0 Å². The lowest BCUT2D eigenvalue weighted by molar-refractivity contribution is -0.121. The molecule has 0 saturated carbocycles. The van der Waals surface area contributed by atoms with Crippen LogP contribution in [-0.4, -0.2) is 18.9 Å². The van der Waals surface area contributed by atoms with Gasteiger partial charge in [0.1, 0.15) is 0 Å². The third-order valence-electron chi connectivity index (χ3n) is 3.71. The van der Waals surface area contributed by atoms with Gasteiger partial charge in [-0.15, -0.1) is 0 Å². The molecule has 4 heteroatoms. The van der Waals surface area contributed by atoms with Crippen LogP contribution < -0.4 is 10.2 Å². The molecule has 0 aliphatic carbocycles. The predicted molar refractivity (Wildman–Crippen MR) is 93.5 cm³/mol. The van der Waals surface area contributed by atoms with Crippen LogP contribution in [0.4, 0.5) is 11.4 Å². The van der Waals surface area contributed by atoms with Crippen molar-refractivity contribution in [1.29, 1.82) is 0 Å². The van der Waals surface area contributed by atoms with Crippen molar-refractivity contribution in [1.82, 2.24) is 0 Å². The molecule has 0 heterocycles. The molecule has 1 atom stereocenters. The van der Waals surface area contributed by atoms with E-state index in [1.165, 1.54) is 6.92 Å². The molecule has 0 bridgehead atoms. The highest BCUT2D eigenvalue weighted by Gasteiger charge is 2.18. The fraction of sp³-hybridized carbons (Fsp3) is 0.263. The number of nitrogens with one attached hydrogen (secondary N) is 1. The predicted octanol–water partition coefficient (Wildman–Crippen LogP) is 3.49. The van der Waals surface area contributed by atoms with E-state index in [-0.39, 0.29) is 17.7 Å². The normalized spacial score (nSPS) is 11.6. The van der Waals surface area contributed by atoms with E-state index >= 15 is 0 Å². The summed E-state index contributed by atoms with van der Waals surface area (Å²) in [6, 6.07) is 17.2. The molecule has 120 valence electrons. The summed E-state index contributed by atoms with van der Waals surface area (Å²) >= 11 is 0. The average molecular weight is 310 g/mol. The lowest BCUT2D eigenvalue weighted by Crippen LogP contribution is -2.32. The van der Waals surface area contributed by atoms with Crippen LogP contribution in [-0.2, 0) is 16.0 Å². The molecule has 0 aliphatic heterocycles. The van der Waals surface area contributed by atoms with E-state index in [9.17, 15) is 9.59 Å². The highest BCUT2D eigenvalue weighted by atomic mass is 16.2. The molecule has 2 aromatic rings. The minimum absolute atomic E-state index is 0.0853. The lowest BCUT2D eigenvalue weighted by atomic mass is 9.99. The highest BCUT2D eigenvalue weighted by molar-refractivity contribution is 5.94. The van der Waals surface area contributed by atoms with Gasteiger partial charge in [-0.25, -0.2) is 0 Å². The van der Waals surface area contributed by atoms with Gasteiger partial charge in [0, 0.05) is 31.3 Å². The maximum absolute atomic E-state index is 12.5. The Morgan fingerprint density at radius 2 is 1.65 bits per heavy atom. The van der Waals surface area contributed by atoms with Gasteiger partial charge >= 0.3 is 0 Å². The number of amides is 2. The van der Waals surface area contributed by atoms with Gasteiger partial charge in [-0.05, 0) is 36.2 Å². The molecule has 0 aliphatic rings. The average Bonchev–Trinajstić information content (AvgIpc) is 2.55. The van der Waals surface area contributed by atoms with E-state index in [2.05, 4.69) is 5.32 Å². The first-order valence-corrected chi connectivity index (χ1v) is 7.66. The molecule has 2 rings (SSSR count). The summed E-state index contributed by atoms with van der Waals surface area (Å²) in [5.74, 6) is -0.125. The molecule has 4 nitrogen and oxygen atoms in total. The van der Waals surface area contributed by atoms with Crippen molar-refractivity contribution in [3.63, 3.8) is 0 Å². The molecule has 1 unspecified atom stereocenters. The largest absolute Gasteiger partial charge is 0.326 e. The SMILES string of the molecule is CC(=O)Nc1ccc(CC(C)C(=O)N(C)c2ccccc2)cc1. The Balaban J connectivity index is 1.99. The number of anilines is 2. The summed E-state index contributed by atoms with van der Waals surface area (Å²) in [5.41, 5.74) is 2.73. The van der Waals surface area contributed by atoms with Gasteiger partial charge in [0.2, 0.25) is 11.8 Å². The van der Waals surface area contributed by atoms with Crippen LogP contribution >= 0.6 is 0 Å². The molecule has 0 radical (unpaired) electrons. The smallest absolute Gasteiger partial charge is 0.229 e. The van der Waals surface area contributed by atoms with Gasteiger partial charge in [-0.1, -0.05) is 37.3 Å². The molecule has 0 saturated heterocycles. The quantitative estimate of drug-likeness (QED) is 0.919. The van der Waals surface area contributed by atoms with Crippen LogP contribution in [0, 0.1) is 5.92 Å². The van der Waals surface area contributed by atoms with Gasteiger partial charge < -0.3 is 10.2 Å². The summed E-state index contributed by atoms with van der Waals surface area (Å²) in [6.07, 6.45) is 0.663. The Morgan fingerprint density at radius 3 is 2.22 bits per heavy atom. The standard InChI is InChI=1S/C19H22N2O2/c1-14(19(23)21(3)18-7-5-4-6-8-18)13-16-9-11-17(12-10-16)20-15(2)22/h4-12,14H,13H2,1-3H3,(H,20,22). The lowest BCUT2D eigenvalue weighted by Gasteiger charge is -2.21. The topological polar surface area (TPSA) is 49.4 Å². The second-order valence-electron chi connectivity index (χ2n) is 5.72. The van der Waals surface area contributed by atoms with E-state index < -0.39 is 0 Å². The minimum Gasteiger partial charge on any atom is -0.326 e. The zero-order valence-electron chi connectivity index (χ0n) is 13.7. The van der Waals surface area contributed by atoms with Gasteiger partial charge in [0.15, 0.2) is 0 Å². The van der Waals surface area contributed by atoms with E-state index in [0.29, 0.717) is 6.42 Å². The molecule has 2 amide bonds. The number of rotatable bonds is 5. The zero-order chi connectivity index (χ0) is 16.8. The fourth-order valence-corrected chi connectivity index (χ4v) is 2.48. The van der Waals surface area contributed by atoms with Crippen LogP contribution in [0.25, 0.3) is 0 Å². The maximum Gasteiger partial charge on any atom is 0.229 e. The molecule has 0 aromatic heterocycles. The second-order valence-corrected chi connectivity index (χ2v) is 5.72. The van der Waals surface area contributed by atoms with Crippen molar-refractivity contribution in [3.8, 4) is 0 Å². The number of hydrogen-bond donors (Lipinski definition) is 1. The molecule has 1 N–H and O–H groups in total. The Labute approximate surface area is 137 Å². The number of para-hydroxylation sites is 1. The zero-order valence-corrected chi connectivity index (χ0v) is 13.7. The Kier molecular flexibility index (Phi) is 5.52. The molecular weight excluding hydrogens is 288 g/mol. The number of carbonyl (C=O) groups excluding carboxylic acids is 2. The summed E-state index contributed by atoms with van der Waals surface area (Å²) in [5, 5.41) is 2.73. The fourth-order valence-electron chi connectivity index (χ4n) is 2.48. The summed E-state index contributed by atoms with van der Waals surface area (Å²) < 4.78 is 0. The Bertz CT molecular complexity index is 666. The Morgan fingerprint density at radius 1 is 1.04 bits per heavy atom. The van der Waals surface area contributed by atoms with Gasteiger partial charge in [-0.2, -0.15) is 0 Å². The van der Waals surface area contributed by atoms with Crippen molar-refractivity contribution in [3.05, 3.63) is 60.2 Å². The van der Waals surface area contributed by atoms with Gasteiger partial charge in [0.25, 0.3) is 0 Å². The third kappa shape index (κ3) is 4.68. The first-order valence-electron chi connectivity index (χ1n) is 7.66. The van der Waals surface area contributed by atoms with Gasteiger partial charge in [0.05, 0.1) is 0 Å². The van der Waals surface area contributed by atoms with E-state index in [0.717, 1.165) is 16.9 Å². The van der Waals surface area contributed by atoms with Crippen molar-refractivity contribution < 1.29 is 9.59 Å². The first-order chi connectivity index (χ1) is 11.0. The van der Waals surface area contributed by atoms with Crippen LogP contribution in [0.2, 0.25) is 0 Å². The summed E-state index contributed by atoms with van der Waals surface area (Å²) in [6.45, 7) is 3.41. The maximum atomic E-state index is 12.5. The van der Waals surface area contributed by atoms with E-state index in [1.54, 1.807) is 11.9 Å². The third-order valence-corrected chi connectivity index (χ3v) is 3.71. The molecule has 0 fully saturated rings. The number of benzene rings is 2. The number of carbonyl (C=O) groups is 2. The van der Waals surface area contributed by atoms with Crippen LogP contribution in [0.1, 0.15) is 19.4 Å². The minimum atomic E-state index is -0.119. The van der Waals surface area contributed by atoms with Crippen molar-refractivity contribution >= 4 is 23.2 Å².